The van der Waals surface area contributed by atoms with E-state index in [4.69, 9.17) is 35.6 Å². The number of carbonyl (C=O) groups is 7. The molecule has 0 aromatic rings. The summed E-state index contributed by atoms with van der Waals surface area (Å²) in [4.78, 5) is 81.2. The quantitative estimate of drug-likeness (QED) is 0.0187. The number of carboxylic acid groups (broad SMARTS) is 1. The highest BCUT2D eigenvalue weighted by Crippen LogP contribution is 2.14. The van der Waals surface area contributed by atoms with Crippen molar-refractivity contribution in [2.75, 3.05) is 72.5 Å². The predicted octanol–water partition coefficient (Wildman–Crippen LogP) is 1.68. The third-order valence-electron chi connectivity index (χ3n) is 9.37. The van der Waals surface area contributed by atoms with Gasteiger partial charge in [0.1, 0.15) is 19.5 Å². The van der Waals surface area contributed by atoms with E-state index in [1.54, 1.807) is 0 Å². The minimum atomic E-state index is -0.709. The SMILES string of the molecule is NN[C@@H](CCCCNC(=O)COCCOCCNC(=O)COCCOCCNC(=O)CC[C@@H](C=O)NC(=O)CCCCCCCCCCCCCCCCC(=O)O)C(N)=O. The second kappa shape index (κ2) is 42.0. The maximum absolute atomic E-state index is 12.3. The number of aldehydes is 1. The van der Waals surface area contributed by atoms with Crippen LogP contribution in [0.2, 0.25) is 0 Å². The first kappa shape index (κ1) is 56.2. The second-order valence-corrected chi connectivity index (χ2v) is 14.7. The number of aliphatic carboxylic acids is 1. The molecule has 10 N–H and O–H groups in total. The van der Waals surface area contributed by atoms with E-state index in [2.05, 4.69) is 26.7 Å². The lowest BCUT2D eigenvalue weighted by molar-refractivity contribution is -0.137. The molecule has 0 radical (unpaired) electrons. The number of primary amides is 1. The van der Waals surface area contributed by atoms with Crippen LogP contribution in [0.25, 0.3) is 0 Å². The van der Waals surface area contributed by atoms with Crippen molar-refractivity contribution in [2.45, 2.75) is 147 Å². The normalized spacial score (nSPS) is 12.0. The Balaban J connectivity index is 3.57. The van der Waals surface area contributed by atoms with Crippen LogP contribution in [0.4, 0.5) is 0 Å². The summed E-state index contributed by atoms with van der Waals surface area (Å²) in [5.41, 5.74) is 7.54. The molecule has 0 aliphatic rings. The first-order valence-electron chi connectivity index (χ1n) is 21.9. The molecule has 348 valence electrons. The zero-order valence-electron chi connectivity index (χ0n) is 36.0. The minimum Gasteiger partial charge on any atom is -0.481 e. The van der Waals surface area contributed by atoms with E-state index >= 15 is 0 Å². The number of nitrogens with two attached hydrogens (primary N) is 2. The van der Waals surface area contributed by atoms with Gasteiger partial charge in [-0.15, -0.1) is 0 Å². The molecule has 19 nitrogen and oxygen atoms in total. The van der Waals surface area contributed by atoms with Crippen LogP contribution in [-0.4, -0.2) is 131 Å². The fraction of sp³-hybridized carbons (Fsp3) is 0.829. The van der Waals surface area contributed by atoms with Crippen LogP contribution in [-0.2, 0) is 52.5 Å². The monoisotopic (exact) mass is 860 g/mol. The average molecular weight is 860 g/mol. The molecule has 0 rings (SSSR count). The van der Waals surface area contributed by atoms with Gasteiger partial charge in [0.05, 0.1) is 51.7 Å². The van der Waals surface area contributed by atoms with Gasteiger partial charge in [-0.1, -0.05) is 77.0 Å². The molecule has 60 heavy (non-hydrogen) atoms. The highest BCUT2D eigenvalue weighted by atomic mass is 16.5. The van der Waals surface area contributed by atoms with E-state index in [1.165, 1.54) is 44.9 Å². The summed E-state index contributed by atoms with van der Waals surface area (Å²) in [5.74, 6) is 3.02. The summed E-state index contributed by atoms with van der Waals surface area (Å²) in [7, 11) is 0. The number of carboxylic acids is 1. The Morgan fingerprint density at radius 3 is 1.42 bits per heavy atom. The second-order valence-electron chi connectivity index (χ2n) is 14.7. The van der Waals surface area contributed by atoms with Crippen LogP contribution in [0, 0.1) is 0 Å². The zero-order chi connectivity index (χ0) is 44.3. The van der Waals surface area contributed by atoms with Gasteiger partial charge in [0.2, 0.25) is 29.5 Å². The summed E-state index contributed by atoms with van der Waals surface area (Å²) < 4.78 is 21.3. The average Bonchev–Trinajstić information content (AvgIpc) is 3.22. The smallest absolute Gasteiger partial charge is 0.303 e. The van der Waals surface area contributed by atoms with Crippen molar-refractivity contribution in [1.29, 1.82) is 0 Å². The summed E-state index contributed by atoms with van der Waals surface area (Å²) in [5, 5.41) is 19.4. The molecule has 0 aliphatic heterocycles. The first-order chi connectivity index (χ1) is 29.1. The Bertz CT molecular complexity index is 1150. The van der Waals surface area contributed by atoms with Gasteiger partial charge in [-0.05, 0) is 38.5 Å². The number of ether oxygens (including phenoxy) is 4. The van der Waals surface area contributed by atoms with E-state index in [1.807, 2.05) is 0 Å². The van der Waals surface area contributed by atoms with Crippen LogP contribution in [0.15, 0.2) is 0 Å². The largest absolute Gasteiger partial charge is 0.481 e. The van der Waals surface area contributed by atoms with E-state index in [-0.39, 0.29) is 109 Å². The van der Waals surface area contributed by atoms with Gasteiger partial charge in [0.15, 0.2) is 0 Å². The zero-order valence-corrected chi connectivity index (χ0v) is 36.0. The van der Waals surface area contributed by atoms with Gasteiger partial charge in [-0.3, -0.25) is 34.6 Å². The number of amides is 5. The minimum absolute atomic E-state index is 0.0905. The van der Waals surface area contributed by atoms with Crippen molar-refractivity contribution in [2.24, 2.45) is 11.6 Å². The molecule has 0 unspecified atom stereocenters. The summed E-state index contributed by atoms with van der Waals surface area (Å²) in [6, 6.07) is -1.30. The number of unbranched alkanes of at least 4 members (excludes halogenated alkanes) is 14. The third-order valence-corrected chi connectivity index (χ3v) is 9.37. The Morgan fingerprint density at radius 1 is 0.500 bits per heavy atom. The number of rotatable bonds is 45. The third kappa shape index (κ3) is 39.7. The highest BCUT2D eigenvalue weighted by molar-refractivity contribution is 5.81. The van der Waals surface area contributed by atoms with Gasteiger partial charge in [-0.25, -0.2) is 5.43 Å². The van der Waals surface area contributed by atoms with Crippen molar-refractivity contribution in [3.05, 3.63) is 0 Å². The van der Waals surface area contributed by atoms with Gasteiger partial charge >= 0.3 is 5.97 Å². The first-order valence-corrected chi connectivity index (χ1v) is 21.9. The van der Waals surface area contributed by atoms with Crippen molar-refractivity contribution < 1.29 is 57.6 Å². The van der Waals surface area contributed by atoms with E-state index < -0.39 is 24.0 Å². The summed E-state index contributed by atoms with van der Waals surface area (Å²) in [6.07, 6.45) is 18.9. The fourth-order valence-electron chi connectivity index (χ4n) is 5.92. The lowest BCUT2D eigenvalue weighted by atomic mass is 10.0. The lowest BCUT2D eigenvalue weighted by Crippen LogP contribution is -2.45. The molecule has 0 spiro atoms. The highest BCUT2D eigenvalue weighted by Gasteiger charge is 2.14. The molecule has 0 bridgehead atoms. The molecule has 0 saturated heterocycles. The Hall–Kier alpha value is -3.75. The van der Waals surface area contributed by atoms with Gasteiger partial charge in [0, 0.05) is 38.9 Å². The maximum Gasteiger partial charge on any atom is 0.303 e. The van der Waals surface area contributed by atoms with Crippen molar-refractivity contribution in [3.8, 4) is 0 Å². The lowest BCUT2D eigenvalue weighted by Gasteiger charge is -2.13. The van der Waals surface area contributed by atoms with Crippen LogP contribution in [0.1, 0.15) is 135 Å². The Morgan fingerprint density at radius 2 is 0.950 bits per heavy atom. The standard InChI is InChI=1S/C41H77N7O12/c42-41(56)35(48-43)17-15-16-22-44-38(52)32-59-29-28-58-26-24-46-39(53)33-60-30-27-57-25-23-45-36(50)21-20-34(31-49)47-37(51)18-13-11-9-7-5-3-1-2-4-6-8-10-12-14-19-40(54)55/h31,34-35,48H,1-30,32-33,43H2,(H2,42,56)(H,44,52)(H,45,50)(H,46,53)(H,47,51)(H,54,55)/t34-,35-/m0/s1. The molecule has 0 fully saturated rings. The number of carbonyl (C=O) groups excluding carboxylic acids is 6. The molecule has 0 heterocycles. The molecule has 2 atom stereocenters. The summed E-state index contributed by atoms with van der Waals surface area (Å²) in [6.45, 7) is 2.12. The van der Waals surface area contributed by atoms with E-state index in [0.717, 1.165) is 44.9 Å². The molecule has 0 aromatic heterocycles. The van der Waals surface area contributed by atoms with Crippen molar-refractivity contribution >= 4 is 41.8 Å². The van der Waals surface area contributed by atoms with E-state index in [0.29, 0.717) is 38.5 Å². The molecule has 19 heteroatoms. The number of hydrogen-bond acceptors (Lipinski definition) is 13. The number of hydrazine groups is 1. The number of nitrogens with one attached hydrogen (secondary N) is 5. The van der Waals surface area contributed by atoms with Gasteiger partial charge in [0.25, 0.3) is 0 Å². The van der Waals surface area contributed by atoms with Gasteiger partial charge < -0.3 is 55.8 Å². The molecule has 0 aromatic carbocycles. The van der Waals surface area contributed by atoms with E-state index in [9.17, 15) is 33.6 Å². The predicted molar refractivity (Wildman–Crippen MR) is 225 cm³/mol. The van der Waals surface area contributed by atoms with Crippen molar-refractivity contribution in [1.82, 2.24) is 26.7 Å². The summed E-state index contributed by atoms with van der Waals surface area (Å²) >= 11 is 0. The van der Waals surface area contributed by atoms with Crippen LogP contribution < -0.4 is 38.3 Å². The molecular weight excluding hydrogens is 782 g/mol. The Kier molecular flexibility index (Phi) is 39.3. The van der Waals surface area contributed by atoms with Gasteiger partial charge in [-0.2, -0.15) is 0 Å². The van der Waals surface area contributed by atoms with Crippen LogP contribution in [0.3, 0.4) is 0 Å². The Labute approximate surface area is 356 Å². The maximum atomic E-state index is 12.3. The molecular formula is C41H77N7O12. The number of hydrogen-bond donors (Lipinski definition) is 8. The van der Waals surface area contributed by atoms with Crippen LogP contribution in [0.5, 0.6) is 0 Å². The van der Waals surface area contributed by atoms with Crippen molar-refractivity contribution in [3.63, 3.8) is 0 Å². The fourth-order valence-corrected chi connectivity index (χ4v) is 5.92. The molecule has 5 amide bonds. The topological polar surface area (TPSA) is 289 Å². The van der Waals surface area contributed by atoms with Crippen LogP contribution >= 0.6 is 0 Å². The molecule has 0 saturated carbocycles. The molecule has 0 aliphatic carbocycles.